The Morgan fingerprint density at radius 2 is 1.47 bits per heavy atom. The summed E-state index contributed by atoms with van der Waals surface area (Å²) in [5.74, 6) is -0.842. The Labute approximate surface area is 122 Å². The van der Waals surface area contributed by atoms with Gasteiger partial charge < -0.3 is 0 Å². The third kappa shape index (κ3) is 4.81. The third-order valence-corrected chi connectivity index (χ3v) is 6.14. The first-order valence-electron chi connectivity index (χ1n) is 5.89. The Morgan fingerprint density at radius 1 is 1.00 bits per heavy atom. The zero-order chi connectivity index (χ0) is 14.6. The number of hydrogen-bond acceptors (Lipinski definition) is 4. The molecule has 0 saturated carbocycles. The van der Waals surface area contributed by atoms with Crippen molar-refractivity contribution in [3.05, 3.63) is 33.4 Å². The van der Waals surface area contributed by atoms with E-state index in [1.54, 1.807) is 0 Å². The average molecular weight is 378 g/mol. The average Bonchev–Trinajstić information content (AvgIpc) is 2.25. The summed E-state index contributed by atoms with van der Waals surface area (Å²) >= 11 is -2.74. The van der Waals surface area contributed by atoms with Gasteiger partial charge >= 0.3 is 122 Å². The van der Waals surface area contributed by atoms with E-state index in [0.29, 0.717) is 0 Å². The van der Waals surface area contributed by atoms with Crippen molar-refractivity contribution in [2.24, 2.45) is 0 Å². The van der Waals surface area contributed by atoms with Crippen LogP contribution in [0.3, 0.4) is 0 Å². The maximum absolute atomic E-state index is 11.2. The van der Waals surface area contributed by atoms with Gasteiger partial charge in [0, 0.05) is 0 Å². The van der Waals surface area contributed by atoms with E-state index in [4.69, 9.17) is 6.13 Å². The molecule has 5 heteroatoms. The Morgan fingerprint density at radius 3 is 1.89 bits per heavy atom. The van der Waals surface area contributed by atoms with Crippen LogP contribution in [0.2, 0.25) is 0 Å². The van der Waals surface area contributed by atoms with Crippen molar-refractivity contribution >= 4 is 32.6 Å². The number of hydrogen-bond donors (Lipinski definition) is 0. The number of halogens is 1. The first kappa shape index (κ1) is 15.9. The van der Waals surface area contributed by atoms with Crippen molar-refractivity contribution in [2.45, 2.75) is 40.0 Å². The number of rotatable bonds is 3. The summed E-state index contributed by atoms with van der Waals surface area (Å²) in [7, 11) is 0. The molecule has 0 aromatic heterocycles. The van der Waals surface area contributed by atoms with Crippen LogP contribution in [0, 0.1) is 3.57 Å². The summed E-state index contributed by atoms with van der Waals surface area (Å²) in [6.45, 7) is 8.87. The number of benzene rings is 1. The zero-order valence-electron chi connectivity index (χ0n) is 11.8. The molecule has 4 nitrogen and oxygen atoms in total. The molecule has 0 atom stereocenters. The van der Waals surface area contributed by atoms with Crippen molar-refractivity contribution in [3.8, 4) is 0 Å². The second-order valence-electron chi connectivity index (χ2n) is 5.08. The zero-order valence-corrected chi connectivity index (χ0v) is 14.0. The van der Waals surface area contributed by atoms with Crippen molar-refractivity contribution < 1.29 is 15.7 Å². The molecule has 0 aliphatic rings. The summed E-state index contributed by atoms with van der Waals surface area (Å²) in [6, 6.07) is 7.64. The van der Waals surface area contributed by atoms with Gasteiger partial charge in [-0.25, -0.2) is 0 Å². The standard InChI is InChI=1S/C14H19IO4/c1-10(16)18-15(19-11(2)17)13-9-7-6-8-12(13)14(3,4)5/h6-9H,1-5H3. The molecule has 0 heterocycles. The van der Waals surface area contributed by atoms with E-state index >= 15 is 0 Å². The Hall–Kier alpha value is -1.11. The summed E-state index contributed by atoms with van der Waals surface area (Å²) in [5, 5.41) is 0. The molecule has 1 aromatic carbocycles. The minimum absolute atomic E-state index is 0.105. The first-order valence-corrected chi connectivity index (χ1v) is 8.73. The summed E-state index contributed by atoms with van der Waals surface area (Å²) < 4.78 is 11.4. The minimum atomic E-state index is -2.74. The van der Waals surface area contributed by atoms with Crippen LogP contribution in [0.15, 0.2) is 24.3 Å². The molecule has 1 aromatic rings. The molecule has 0 radical (unpaired) electrons. The summed E-state index contributed by atoms with van der Waals surface area (Å²) in [4.78, 5) is 22.4. The molecule has 0 aliphatic carbocycles. The molecular formula is C14H19IO4. The van der Waals surface area contributed by atoms with E-state index in [1.165, 1.54) is 13.8 Å². The molecule has 0 unspecified atom stereocenters. The van der Waals surface area contributed by atoms with Crippen LogP contribution in [0.1, 0.15) is 40.2 Å². The van der Waals surface area contributed by atoms with Gasteiger partial charge in [0.2, 0.25) is 0 Å². The Balaban J connectivity index is 3.21. The Kier molecular flexibility index (Phi) is 5.34. The van der Waals surface area contributed by atoms with Crippen molar-refractivity contribution in [2.75, 3.05) is 0 Å². The van der Waals surface area contributed by atoms with E-state index in [1.807, 2.05) is 24.3 Å². The molecule has 0 bridgehead atoms. The summed E-state index contributed by atoms with van der Waals surface area (Å²) in [6.07, 6.45) is 0. The van der Waals surface area contributed by atoms with Gasteiger partial charge in [0.15, 0.2) is 0 Å². The SMILES string of the molecule is CC(=O)OI(OC(C)=O)c1ccccc1C(C)(C)C. The molecule has 0 saturated heterocycles. The molecular weight excluding hydrogens is 359 g/mol. The molecule has 0 N–H and O–H groups in total. The predicted octanol–water partition coefficient (Wildman–Crippen LogP) is 3.62. The molecule has 0 aliphatic heterocycles. The van der Waals surface area contributed by atoms with Gasteiger partial charge in [0.05, 0.1) is 0 Å². The quantitative estimate of drug-likeness (QED) is 0.754. The van der Waals surface area contributed by atoms with Gasteiger partial charge in [0.25, 0.3) is 0 Å². The fraction of sp³-hybridized carbons (Fsp3) is 0.429. The van der Waals surface area contributed by atoms with Crippen LogP contribution in [0.5, 0.6) is 0 Å². The maximum atomic E-state index is 11.2. The van der Waals surface area contributed by atoms with Crippen LogP contribution in [-0.4, -0.2) is 11.9 Å². The number of carbonyl (C=O) groups is 2. The van der Waals surface area contributed by atoms with E-state index in [-0.39, 0.29) is 5.41 Å². The van der Waals surface area contributed by atoms with Crippen LogP contribution < -0.4 is 0 Å². The van der Waals surface area contributed by atoms with Gasteiger partial charge in [0.1, 0.15) is 0 Å². The second kappa shape index (κ2) is 6.36. The fourth-order valence-electron chi connectivity index (χ4n) is 1.50. The monoisotopic (exact) mass is 378 g/mol. The summed E-state index contributed by atoms with van der Waals surface area (Å²) in [5.41, 5.74) is 0.940. The fourth-order valence-corrected chi connectivity index (χ4v) is 5.16. The van der Waals surface area contributed by atoms with Gasteiger partial charge in [-0.05, 0) is 0 Å². The van der Waals surface area contributed by atoms with Crippen LogP contribution in [-0.2, 0) is 21.1 Å². The van der Waals surface area contributed by atoms with Crippen LogP contribution in [0.4, 0.5) is 0 Å². The molecule has 19 heavy (non-hydrogen) atoms. The van der Waals surface area contributed by atoms with E-state index in [9.17, 15) is 9.59 Å². The van der Waals surface area contributed by atoms with Gasteiger partial charge in [-0.3, -0.25) is 0 Å². The molecule has 1 rings (SSSR count). The third-order valence-electron chi connectivity index (χ3n) is 2.21. The van der Waals surface area contributed by atoms with E-state index < -0.39 is 32.6 Å². The van der Waals surface area contributed by atoms with Crippen LogP contribution >= 0.6 is 20.6 Å². The number of carbonyl (C=O) groups excluding carboxylic acids is 2. The molecule has 0 spiro atoms. The Bertz CT molecular complexity index is 461. The molecule has 0 amide bonds. The van der Waals surface area contributed by atoms with Gasteiger partial charge in [-0.1, -0.05) is 0 Å². The topological polar surface area (TPSA) is 52.6 Å². The second-order valence-corrected chi connectivity index (χ2v) is 8.37. The van der Waals surface area contributed by atoms with Crippen molar-refractivity contribution in [1.82, 2.24) is 0 Å². The van der Waals surface area contributed by atoms with Crippen molar-refractivity contribution in [3.63, 3.8) is 0 Å². The first-order chi connectivity index (χ1) is 8.71. The van der Waals surface area contributed by atoms with Gasteiger partial charge in [-0.2, -0.15) is 0 Å². The van der Waals surface area contributed by atoms with Crippen LogP contribution in [0.25, 0.3) is 0 Å². The predicted molar refractivity (Wildman–Crippen MR) is 81.4 cm³/mol. The van der Waals surface area contributed by atoms with Gasteiger partial charge in [-0.15, -0.1) is 0 Å². The van der Waals surface area contributed by atoms with E-state index in [0.717, 1.165) is 9.13 Å². The molecule has 106 valence electrons. The van der Waals surface area contributed by atoms with E-state index in [2.05, 4.69) is 20.8 Å². The van der Waals surface area contributed by atoms with Crippen molar-refractivity contribution in [1.29, 1.82) is 0 Å². The normalized spacial score (nSPS) is 11.7. The molecule has 0 fully saturated rings.